The summed E-state index contributed by atoms with van der Waals surface area (Å²) in [6, 6.07) is 8.07. The van der Waals surface area contributed by atoms with E-state index in [4.69, 9.17) is 0 Å². The highest BCUT2D eigenvalue weighted by Crippen LogP contribution is 2.42. The van der Waals surface area contributed by atoms with Crippen molar-refractivity contribution < 1.29 is 13.2 Å². The summed E-state index contributed by atoms with van der Waals surface area (Å²) in [5, 5.41) is 16.7. The number of aromatic nitrogens is 4. The van der Waals surface area contributed by atoms with Gasteiger partial charge in [-0.25, -0.2) is 9.97 Å². The van der Waals surface area contributed by atoms with Crippen LogP contribution in [0.1, 0.15) is 25.8 Å². The average molecular weight is 400 g/mol. The zero-order valence-corrected chi connectivity index (χ0v) is 16.0. The Morgan fingerprint density at radius 3 is 2.69 bits per heavy atom. The first-order chi connectivity index (χ1) is 13.7. The number of hydrogen-bond acceptors (Lipinski definition) is 5. The van der Waals surface area contributed by atoms with Crippen LogP contribution in [0, 0.1) is 22.7 Å². The lowest BCUT2D eigenvalue weighted by atomic mass is 9.75. The van der Waals surface area contributed by atoms with Crippen LogP contribution in [-0.4, -0.2) is 33.3 Å². The number of alkyl halides is 3. The van der Waals surface area contributed by atoms with Gasteiger partial charge in [-0.05, 0) is 36.6 Å². The smallest absolute Gasteiger partial charge is 0.353 e. The molecule has 0 saturated carbocycles. The van der Waals surface area contributed by atoms with Crippen molar-refractivity contribution in [1.82, 2.24) is 20.2 Å². The molecule has 1 aliphatic heterocycles. The Kier molecular flexibility index (Phi) is 4.45. The maximum absolute atomic E-state index is 13.6. The fourth-order valence-electron chi connectivity index (χ4n) is 3.95. The number of fused-ring (bicyclic) bond motifs is 1. The van der Waals surface area contributed by atoms with Crippen LogP contribution < -0.4 is 4.90 Å². The molecule has 9 heteroatoms. The molecule has 3 aromatic rings. The van der Waals surface area contributed by atoms with E-state index in [1.54, 1.807) is 12.1 Å². The number of nitrogens with one attached hydrogen (secondary N) is 1. The SMILES string of the molecule is CC(C)CC1(C#N)CN(c2ccc(C(F)(F)F)c(-c3[nH]nc4ncccc34)n2)C1. The number of pyridine rings is 2. The summed E-state index contributed by atoms with van der Waals surface area (Å²) in [5.41, 5.74) is -1.04. The van der Waals surface area contributed by atoms with Crippen LogP contribution in [0.2, 0.25) is 0 Å². The van der Waals surface area contributed by atoms with Gasteiger partial charge in [-0.15, -0.1) is 0 Å². The molecule has 0 aromatic carbocycles. The van der Waals surface area contributed by atoms with Gasteiger partial charge in [0.05, 0.1) is 22.7 Å². The summed E-state index contributed by atoms with van der Waals surface area (Å²) < 4.78 is 40.9. The molecule has 4 rings (SSSR count). The van der Waals surface area contributed by atoms with E-state index in [0.29, 0.717) is 35.9 Å². The van der Waals surface area contributed by atoms with Crippen molar-refractivity contribution in [3.05, 3.63) is 36.0 Å². The van der Waals surface area contributed by atoms with E-state index in [9.17, 15) is 18.4 Å². The van der Waals surface area contributed by atoms with Gasteiger partial charge in [-0.3, -0.25) is 5.10 Å². The Labute approximate surface area is 165 Å². The number of hydrogen-bond donors (Lipinski definition) is 1. The lowest BCUT2D eigenvalue weighted by Gasteiger charge is -2.47. The molecule has 150 valence electrons. The molecule has 1 fully saturated rings. The van der Waals surface area contributed by atoms with Gasteiger partial charge in [0.1, 0.15) is 11.5 Å². The Balaban J connectivity index is 1.75. The van der Waals surface area contributed by atoms with Gasteiger partial charge in [0.25, 0.3) is 0 Å². The van der Waals surface area contributed by atoms with Gasteiger partial charge in [0, 0.05) is 24.7 Å². The minimum atomic E-state index is -4.57. The summed E-state index contributed by atoms with van der Waals surface area (Å²) in [6.07, 6.45) is -2.30. The zero-order chi connectivity index (χ0) is 20.8. The molecular weight excluding hydrogens is 381 g/mol. The van der Waals surface area contributed by atoms with Crippen LogP contribution in [0.5, 0.6) is 0 Å². The van der Waals surface area contributed by atoms with Crippen molar-refractivity contribution in [1.29, 1.82) is 5.26 Å². The number of aromatic amines is 1. The first kappa shape index (κ1) is 19.2. The summed E-state index contributed by atoms with van der Waals surface area (Å²) in [5.74, 6) is 0.769. The fraction of sp³-hybridized carbons (Fsp3) is 0.400. The topological polar surface area (TPSA) is 81.5 Å². The molecule has 0 atom stereocenters. The van der Waals surface area contributed by atoms with Gasteiger partial charge in [-0.1, -0.05) is 13.8 Å². The van der Waals surface area contributed by atoms with Crippen LogP contribution in [-0.2, 0) is 6.18 Å². The largest absolute Gasteiger partial charge is 0.418 e. The van der Waals surface area contributed by atoms with E-state index in [-0.39, 0.29) is 11.4 Å². The Morgan fingerprint density at radius 2 is 2.03 bits per heavy atom. The molecule has 0 spiro atoms. The molecule has 29 heavy (non-hydrogen) atoms. The molecular formula is C20H19F3N6. The van der Waals surface area contributed by atoms with Crippen molar-refractivity contribution in [3.8, 4) is 17.5 Å². The second kappa shape index (κ2) is 6.72. The minimum absolute atomic E-state index is 0.177. The van der Waals surface area contributed by atoms with Crippen molar-refractivity contribution in [2.45, 2.75) is 26.4 Å². The van der Waals surface area contributed by atoms with E-state index in [1.165, 1.54) is 12.3 Å². The lowest BCUT2D eigenvalue weighted by Crippen LogP contribution is -2.56. The first-order valence-electron chi connectivity index (χ1n) is 9.26. The second-order valence-corrected chi connectivity index (χ2v) is 7.88. The number of anilines is 1. The van der Waals surface area contributed by atoms with Crippen molar-refractivity contribution in [2.75, 3.05) is 18.0 Å². The van der Waals surface area contributed by atoms with Crippen molar-refractivity contribution in [2.24, 2.45) is 11.3 Å². The van der Waals surface area contributed by atoms with Gasteiger partial charge in [0.2, 0.25) is 0 Å². The van der Waals surface area contributed by atoms with Gasteiger partial charge in [-0.2, -0.15) is 23.5 Å². The molecule has 1 saturated heterocycles. The maximum atomic E-state index is 13.6. The normalized spacial score (nSPS) is 16.1. The molecule has 1 aliphatic rings. The summed E-state index contributed by atoms with van der Waals surface area (Å²) in [6.45, 7) is 5.00. The molecule has 0 radical (unpaired) electrons. The van der Waals surface area contributed by atoms with Crippen LogP contribution in [0.15, 0.2) is 30.5 Å². The molecule has 0 bridgehead atoms. The van der Waals surface area contributed by atoms with E-state index in [1.807, 2.05) is 18.7 Å². The minimum Gasteiger partial charge on any atom is -0.353 e. The van der Waals surface area contributed by atoms with E-state index < -0.39 is 17.2 Å². The molecule has 1 N–H and O–H groups in total. The number of H-pyrrole nitrogens is 1. The molecule has 4 heterocycles. The molecule has 6 nitrogen and oxygen atoms in total. The average Bonchev–Trinajstić information content (AvgIpc) is 3.07. The van der Waals surface area contributed by atoms with Crippen molar-refractivity contribution in [3.63, 3.8) is 0 Å². The highest BCUT2D eigenvalue weighted by atomic mass is 19.4. The van der Waals surface area contributed by atoms with Crippen LogP contribution in [0.4, 0.5) is 19.0 Å². The summed E-state index contributed by atoms with van der Waals surface area (Å²) >= 11 is 0. The van der Waals surface area contributed by atoms with Crippen LogP contribution >= 0.6 is 0 Å². The third-order valence-electron chi connectivity index (χ3n) is 5.10. The summed E-state index contributed by atoms with van der Waals surface area (Å²) in [7, 11) is 0. The fourth-order valence-corrected chi connectivity index (χ4v) is 3.95. The highest BCUT2D eigenvalue weighted by molar-refractivity contribution is 5.90. The standard InChI is InChI=1S/C20H19F3N6/c1-12(2)8-19(9-24)10-29(11-19)15-6-5-14(20(21,22)23)17(26-15)16-13-4-3-7-25-18(13)28-27-16/h3-7,12H,8,10-11H2,1-2H3,(H,25,27,28). The number of halogens is 3. The number of nitrogens with zero attached hydrogens (tertiary/aromatic N) is 5. The first-order valence-corrected chi connectivity index (χ1v) is 9.26. The Hall–Kier alpha value is -3.15. The molecule has 0 aliphatic carbocycles. The van der Waals surface area contributed by atoms with Crippen LogP contribution in [0.3, 0.4) is 0 Å². The third kappa shape index (κ3) is 3.39. The van der Waals surface area contributed by atoms with Crippen LogP contribution in [0.25, 0.3) is 22.4 Å². The number of nitriles is 1. The lowest BCUT2D eigenvalue weighted by molar-refractivity contribution is -0.137. The second-order valence-electron chi connectivity index (χ2n) is 7.88. The monoisotopic (exact) mass is 400 g/mol. The number of rotatable bonds is 4. The van der Waals surface area contributed by atoms with Crippen molar-refractivity contribution >= 4 is 16.9 Å². The van der Waals surface area contributed by atoms with Gasteiger partial charge in [0.15, 0.2) is 5.65 Å². The Bertz CT molecular complexity index is 1090. The van der Waals surface area contributed by atoms with Gasteiger partial charge < -0.3 is 4.90 Å². The molecule has 0 unspecified atom stereocenters. The Morgan fingerprint density at radius 1 is 1.28 bits per heavy atom. The van der Waals surface area contributed by atoms with E-state index >= 15 is 0 Å². The predicted molar refractivity (Wildman–Crippen MR) is 102 cm³/mol. The quantitative estimate of drug-likeness (QED) is 0.701. The maximum Gasteiger partial charge on any atom is 0.418 e. The van der Waals surface area contributed by atoms with E-state index in [0.717, 1.165) is 12.5 Å². The predicted octanol–water partition coefficient (Wildman–Crippen LogP) is 4.41. The summed E-state index contributed by atoms with van der Waals surface area (Å²) in [4.78, 5) is 10.2. The van der Waals surface area contributed by atoms with Gasteiger partial charge >= 0.3 is 6.18 Å². The zero-order valence-electron chi connectivity index (χ0n) is 16.0. The molecule has 0 amide bonds. The highest BCUT2D eigenvalue weighted by Gasteiger charge is 2.45. The molecule has 3 aromatic heterocycles. The van der Waals surface area contributed by atoms with E-state index in [2.05, 4.69) is 26.2 Å². The third-order valence-corrected chi connectivity index (χ3v) is 5.10.